The summed E-state index contributed by atoms with van der Waals surface area (Å²) in [6.07, 6.45) is 0. The highest BCUT2D eigenvalue weighted by atomic mass is 79.9. The minimum Gasteiger partial charge on any atom is -0.380 e. The number of halogens is 2. The summed E-state index contributed by atoms with van der Waals surface area (Å²) >= 11 is 11.0. The third-order valence-electron chi connectivity index (χ3n) is 2.22. The van der Waals surface area contributed by atoms with Gasteiger partial charge in [0.25, 0.3) is 0 Å². The largest absolute Gasteiger partial charge is 0.380 e. The number of benzene rings is 1. The SMILES string of the molecule is Cc1ncsc1CNc1ccc(Br)c(Cl)c1. The van der Waals surface area contributed by atoms with Crippen LogP contribution in [0.3, 0.4) is 0 Å². The molecule has 0 radical (unpaired) electrons. The number of nitrogens with zero attached hydrogens (tertiary/aromatic N) is 1. The van der Waals surface area contributed by atoms with Crippen molar-refractivity contribution >= 4 is 44.6 Å². The van der Waals surface area contributed by atoms with Gasteiger partial charge < -0.3 is 5.32 Å². The molecule has 2 rings (SSSR count). The maximum Gasteiger partial charge on any atom is 0.0798 e. The molecular formula is C11H10BrClN2S. The summed E-state index contributed by atoms with van der Waals surface area (Å²) in [5, 5.41) is 4.03. The van der Waals surface area contributed by atoms with Crippen molar-refractivity contribution in [1.82, 2.24) is 4.98 Å². The predicted molar refractivity (Wildman–Crippen MR) is 73.3 cm³/mol. The minimum absolute atomic E-state index is 0.714. The fourth-order valence-electron chi connectivity index (χ4n) is 1.28. The lowest BCUT2D eigenvalue weighted by Crippen LogP contribution is -1.98. The van der Waals surface area contributed by atoms with Crippen LogP contribution in [0.2, 0.25) is 5.02 Å². The summed E-state index contributed by atoms with van der Waals surface area (Å²) in [7, 11) is 0. The van der Waals surface area contributed by atoms with E-state index in [4.69, 9.17) is 11.6 Å². The first-order valence-corrected chi connectivity index (χ1v) is 6.80. The van der Waals surface area contributed by atoms with Gasteiger partial charge in [-0.3, -0.25) is 0 Å². The lowest BCUT2D eigenvalue weighted by atomic mass is 10.3. The van der Waals surface area contributed by atoms with Gasteiger partial charge in [-0.25, -0.2) is 4.98 Å². The molecule has 16 heavy (non-hydrogen) atoms. The molecule has 2 aromatic rings. The van der Waals surface area contributed by atoms with E-state index in [1.807, 2.05) is 30.6 Å². The normalized spacial score (nSPS) is 10.4. The number of aromatic nitrogens is 1. The molecule has 0 bridgehead atoms. The molecule has 0 aliphatic heterocycles. The van der Waals surface area contributed by atoms with Gasteiger partial charge in [-0.05, 0) is 41.1 Å². The molecule has 1 N–H and O–H groups in total. The number of thiazole rings is 1. The van der Waals surface area contributed by atoms with E-state index < -0.39 is 0 Å². The molecule has 1 aromatic heterocycles. The van der Waals surface area contributed by atoms with Crippen molar-refractivity contribution in [1.29, 1.82) is 0 Å². The monoisotopic (exact) mass is 316 g/mol. The lowest BCUT2D eigenvalue weighted by Gasteiger charge is -2.06. The van der Waals surface area contributed by atoms with E-state index in [9.17, 15) is 0 Å². The smallest absolute Gasteiger partial charge is 0.0798 e. The van der Waals surface area contributed by atoms with Crippen LogP contribution in [0.1, 0.15) is 10.6 Å². The Balaban J connectivity index is 2.05. The first-order chi connectivity index (χ1) is 7.66. The average Bonchev–Trinajstić information content (AvgIpc) is 2.66. The number of hydrogen-bond donors (Lipinski definition) is 1. The Kier molecular flexibility index (Phi) is 3.84. The first-order valence-electron chi connectivity index (χ1n) is 4.74. The summed E-state index contributed by atoms with van der Waals surface area (Å²) in [4.78, 5) is 5.45. The van der Waals surface area contributed by atoms with Crippen molar-refractivity contribution in [2.75, 3.05) is 5.32 Å². The summed E-state index contributed by atoms with van der Waals surface area (Å²) in [6.45, 7) is 2.80. The maximum absolute atomic E-state index is 6.01. The van der Waals surface area contributed by atoms with Crippen LogP contribution < -0.4 is 5.32 Å². The Morgan fingerprint density at radius 1 is 1.50 bits per heavy atom. The lowest BCUT2D eigenvalue weighted by molar-refractivity contribution is 1.12. The Morgan fingerprint density at radius 3 is 2.94 bits per heavy atom. The van der Waals surface area contributed by atoms with Crippen molar-refractivity contribution in [2.24, 2.45) is 0 Å². The highest BCUT2D eigenvalue weighted by Crippen LogP contribution is 2.26. The molecule has 0 aliphatic rings. The van der Waals surface area contributed by atoms with Crippen molar-refractivity contribution in [3.8, 4) is 0 Å². The van der Waals surface area contributed by atoms with Crippen LogP contribution in [-0.4, -0.2) is 4.98 Å². The van der Waals surface area contributed by atoms with Gasteiger partial charge in [-0.2, -0.15) is 0 Å². The number of anilines is 1. The fraction of sp³-hybridized carbons (Fsp3) is 0.182. The van der Waals surface area contributed by atoms with Gasteiger partial charge in [-0.1, -0.05) is 11.6 Å². The van der Waals surface area contributed by atoms with E-state index in [0.29, 0.717) is 5.02 Å². The third-order valence-corrected chi connectivity index (χ3v) is 4.39. The zero-order valence-corrected chi connectivity index (χ0v) is 11.8. The molecule has 84 valence electrons. The average molecular weight is 318 g/mol. The summed E-state index contributed by atoms with van der Waals surface area (Å²) < 4.78 is 0.911. The topological polar surface area (TPSA) is 24.9 Å². The summed E-state index contributed by atoms with van der Waals surface area (Å²) in [6, 6.07) is 5.83. The number of hydrogen-bond acceptors (Lipinski definition) is 3. The molecule has 0 atom stereocenters. The number of aryl methyl sites for hydroxylation is 1. The Bertz CT molecular complexity index is 498. The third kappa shape index (κ3) is 2.75. The molecule has 5 heteroatoms. The second-order valence-corrected chi connectivity index (χ2v) is 5.54. The van der Waals surface area contributed by atoms with Crippen LogP contribution in [0.4, 0.5) is 5.69 Å². The molecule has 1 heterocycles. The van der Waals surface area contributed by atoms with Crippen molar-refractivity contribution in [3.05, 3.63) is 43.8 Å². The van der Waals surface area contributed by atoms with Gasteiger partial charge in [0, 0.05) is 15.0 Å². The van der Waals surface area contributed by atoms with Gasteiger partial charge in [0.15, 0.2) is 0 Å². The fourth-order valence-corrected chi connectivity index (χ4v) is 2.43. The van der Waals surface area contributed by atoms with Crippen LogP contribution in [0.25, 0.3) is 0 Å². The van der Waals surface area contributed by atoms with Gasteiger partial charge in [0.1, 0.15) is 0 Å². The van der Waals surface area contributed by atoms with Crippen LogP contribution in [0, 0.1) is 6.92 Å². The van der Waals surface area contributed by atoms with Gasteiger partial charge in [-0.15, -0.1) is 11.3 Å². The van der Waals surface area contributed by atoms with Gasteiger partial charge in [0.2, 0.25) is 0 Å². The van der Waals surface area contributed by atoms with E-state index in [1.165, 1.54) is 4.88 Å². The van der Waals surface area contributed by atoms with E-state index in [1.54, 1.807) is 11.3 Å². The van der Waals surface area contributed by atoms with Crippen LogP contribution in [0.5, 0.6) is 0 Å². The highest BCUT2D eigenvalue weighted by Gasteiger charge is 2.02. The summed E-state index contributed by atoms with van der Waals surface area (Å²) in [5.74, 6) is 0. The molecule has 0 spiro atoms. The van der Waals surface area contributed by atoms with E-state index in [0.717, 1.165) is 22.4 Å². The number of rotatable bonds is 3. The van der Waals surface area contributed by atoms with E-state index >= 15 is 0 Å². The van der Waals surface area contributed by atoms with Crippen molar-refractivity contribution in [2.45, 2.75) is 13.5 Å². The van der Waals surface area contributed by atoms with Gasteiger partial charge >= 0.3 is 0 Å². The Morgan fingerprint density at radius 2 is 2.31 bits per heavy atom. The Hall–Kier alpha value is -0.580. The van der Waals surface area contributed by atoms with Crippen molar-refractivity contribution < 1.29 is 0 Å². The van der Waals surface area contributed by atoms with E-state index in [2.05, 4.69) is 26.2 Å². The second-order valence-electron chi connectivity index (χ2n) is 3.34. The molecule has 0 aliphatic carbocycles. The van der Waals surface area contributed by atoms with Crippen molar-refractivity contribution in [3.63, 3.8) is 0 Å². The molecule has 0 saturated carbocycles. The molecule has 0 unspecified atom stereocenters. The highest BCUT2D eigenvalue weighted by molar-refractivity contribution is 9.10. The molecule has 1 aromatic carbocycles. The molecule has 2 nitrogen and oxygen atoms in total. The predicted octanol–water partition coefficient (Wildman–Crippen LogP) is 4.48. The zero-order valence-electron chi connectivity index (χ0n) is 8.63. The second kappa shape index (κ2) is 5.17. The molecule has 0 amide bonds. The van der Waals surface area contributed by atoms with Gasteiger partial charge in [0.05, 0.1) is 22.8 Å². The molecule has 0 saturated heterocycles. The summed E-state index contributed by atoms with van der Waals surface area (Å²) in [5.41, 5.74) is 3.96. The zero-order chi connectivity index (χ0) is 11.5. The maximum atomic E-state index is 6.01. The van der Waals surface area contributed by atoms with E-state index in [-0.39, 0.29) is 0 Å². The quantitative estimate of drug-likeness (QED) is 0.903. The molecule has 0 fully saturated rings. The molecular weight excluding hydrogens is 308 g/mol. The van der Waals surface area contributed by atoms with Crippen LogP contribution in [-0.2, 0) is 6.54 Å². The van der Waals surface area contributed by atoms with Crippen LogP contribution in [0.15, 0.2) is 28.2 Å². The minimum atomic E-state index is 0.714. The van der Waals surface area contributed by atoms with Crippen LogP contribution >= 0.6 is 38.9 Å². The standard InChI is InChI=1S/C11H10BrClN2S/c1-7-11(16-6-15-7)5-14-8-2-3-9(12)10(13)4-8/h2-4,6,14H,5H2,1H3. The number of nitrogens with one attached hydrogen (secondary N) is 1. The first kappa shape index (κ1) is 11.9. The Labute approximate surface area is 112 Å².